The number of rotatable bonds is 6. The van der Waals surface area contributed by atoms with Gasteiger partial charge >= 0.3 is 0 Å². The van der Waals surface area contributed by atoms with E-state index < -0.39 is 5.91 Å². The second-order valence-electron chi connectivity index (χ2n) is 9.41. The van der Waals surface area contributed by atoms with E-state index in [4.69, 9.17) is 13.9 Å². The first-order valence-corrected chi connectivity index (χ1v) is 12.7. The van der Waals surface area contributed by atoms with Crippen molar-refractivity contribution in [2.75, 3.05) is 45.7 Å². The van der Waals surface area contributed by atoms with E-state index in [1.165, 1.54) is 33.5 Å². The molecule has 0 radical (unpaired) electrons. The van der Waals surface area contributed by atoms with Crippen LogP contribution in [0, 0.1) is 0 Å². The van der Waals surface area contributed by atoms with Crippen molar-refractivity contribution >= 4 is 28.5 Å². The molecule has 0 saturated carbocycles. The van der Waals surface area contributed by atoms with E-state index in [2.05, 4.69) is 10.2 Å². The minimum absolute atomic E-state index is 0.148. The molecule has 2 fully saturated rings. The number of hydrogen-bond acceptors (Lipinski definition) is 6. The van der Waals surface area contributed by atoms with Crippen LogP contribution in [-0.2, 0) is 0 Å². The lowest BCUT2D eigenvalue weighted by atomic mass is 9.99. The second kappa shape index (κ2) is 10.6. The molecular formula is C28H33N3O5. The largest absolute Gasteiger partial charge is 0.496 e. The normalized spacial score (nSPS) is 17.2. The van der Waals surface area contributed by atoms with Crippen LogP contribution in [0.1, 0.15) is 53.0 Å². The standard InChI is InChI=1S/C28H33N3O5/c1-34-22-11-8-12-23(35-2)24(22)27(32)29-25-20-9-4-5-10-21(20)36-26(25)28(33)31-17-13-19(14-18-31)30-15-6-3-7-16-30/h4-5,8-12,19H,3,6-7,13-18H2,1-2H3,(H,29,32). The minimum atomic E-state index is -0.436. The fourth-order valence-corrected chi connectivity index (χ4v) is 5.43. The maximum absolute atomic E-state index is 13.7. The molecule has 8 heteroatoms. The van der Waals surface area contributed by atoms with Gasteiger partial charge in [0, 0.05) is 24.5 Å². The Morgan fingerprint density at radius 2 is 1.56 bits per heavy atom. The molecule has 0 aliphatic carbocycles. The molecule has 36 heavy (non-hydrogen) atoms. The molecule has 0 spiro atoms. The fourth-order valence-electron chi connectivity index (χ4n) is 5.43. The monoisotopic (exact) mass is 491 g/mol. The number of fused-ring (bicyclic) bond motifs is 1. The van der Waals surface area contributed by atoms with Crippen LogP contribution in [0.25, 0.3) is 11.0 Å². The predicted molar refractivity (Wildman–Crippen MR) is 138 cm³/mol. The van der Waals surface area contributed by atoms with Crippen LogP contribution < -0.4 is 14.8 Å². The number of carbonyl (C=O) groups is 2. The van der Waals surface area contributed by atoms with Crippen LogP contribution in [0.5, 0.6) is 11.5 Å². The summed E-state index contributed by atoms with van der Waals surface area (Å²) in [6.07, 6.45) is 5.74. The zero-order valence-electron chi connectivity index (χ0n) is 20.9. The molecule has 2 amide bonds. The van der Waals surface area contributed by atoms with Gasteiger partial charge in [-0.1, -0.05) is 24.6 Å². The summed E-state index contributed by atoms with van der Waals surface area (Å²) in [7, 11) is 3.00. The van der Waals surface area contributed by atoms with E-state index in [9.17, 15) is 9.59 Å². The van der Waals surface area contributed by atoms with Gasteiger partial charge in [0.25, 0.3) is 11.8 Å². The summed E-state index contributed by atoms with van der Waals surface area (Å²) < 4.78 is 16.8. The van der Waals surface area contributed by atoms with Crippen molar-refractivity contribution in [3.05, 3.63) is 53.8 Å². The predicted octanol–water partition coefficient (Wildman–Crippen LogP) is 4.79. The Balaban J connectivity index is 1.40. The highest BCUT2D eigenvalue weighted by atomic mass is 16.5. The number of nitrogens with one attached hydrogen (secondary N) is 1. The first-order valence-electron chi connectivity index (χ1n) is 12.7. The number of benzene rings is 2. The molecular weight excluding hydrogens is 458 g/mol. The molecule has 8 nitrogen and oxygen atoms in total. The lowest BCUT2D eigenvalue weighted by molar-refractivity contribution is 0.0565. The van der Waals surface area contributed by atoms with E-state index in [1.807, 2.05) is 23.1 Å². The number of hydrogen-bond donors (Lipinski definition) is 1. The number of furan rings is 1. The zero-order valence-corrected chi connectivity index (χ0v) is 20.9. The van der Waals surface area contributed by atoms with E-state index in [0.29, 0.717) is 47.3 Å². The molecule has 0 unspecified atom stereocenters. The molecule has 3 heterocycles. The Hall–Kier alpha value is -3.52. The summed E-state index contributed by atoms with van der Waals surface area (Å²) in [5, 5.41) is 3.60. The molecule has 0 bridgehead atoms. The van der Waals surface area contributed by atoms with Crippen LogP contribution in [0.2, 0.25) is 0 Å². The van der Waals surface area contributed by atoms with Crippen molar-refractivity contribution in [1.29, 1.82) is 0 Å². The van der Waals surface area contributed by atoms with Gasteiger partial charge in [-0.2, -0.15) is 0 Å². The van der Waals surface area contributed by atoms with Crippen LogP contribution in [0.3, 0.4) is 0 Å². The van der Waals surface area contributed by atoms with Gasteiger partial charge in [0.15, 0.2) is 0 Å². The number of ether oxygens (including phenoxy) is 2. The van der Waals surface area contributed by atoms with Crippen LogP contribution >= 0.6 is 0 Å². The molecule has 3 aromatic rings. The lowest BCUT2D eigenvalue weighted by Crippen LogP contribution is -2.48. The van der Waals surface area contributed by atoms with Gasteiger partial charge in [0.2, 0.25) is 5.76 Å². The number of likely N-dealkylation sites (tertiary alicyclic amines) is 2. The molecule has 190 valence electrons. The van der Waals surface area contributed by atoms with Crippen LogP contribution in [0.15, 0.2) is 46.9 Å². The van der Waals surface area contributed by atoms with Crippen LogP contribution in [-0.4, -0.2) is 68.1 Å². The first-order chi connectivity index (χ1) is 17.6. The molecule has 1 N–H and O–H groups in total. The maximum Gasteiger partial charge on any atom is 0.291 e. The van der Waals surface area contributed by atoms with Crippen molar-refractivity contribution in [2.45, 2.75) is 38.1 Å². The van der Waals surface area contributed by atoms with E-state index in [1.54, 1.807) is 24.3 Å². The Bertz CT molecular complexity index is 1220. The Morgan fingerprint density at radius 3 is 2.22 bits per heavy atom. The van der Waals surface area contributed by atoms with Gasteiger partial charge in [-0.3, -0.25) is 9.59 Å². The molecule has 2 saturated heterocycles. The second-order valence-corrected chi connectivity index (χ2v) is 9.41. The Kier molecular flexibility index (Phi) is 7.13. The highest BCUT2D eigenvalue weighted by Crippen LogP contribution is 2.35. The van der Waals surface area contributed by atoms with Crippen molar-refractivity contribution in [2.24, 2.45) is 0 Å². The number of methoxy groups -OCH3 is 2. The molecule has 2 aliphatic heterocycles. The number of piperidine rings is 2. The molecule has 1 aromatic heterocycles. The van der Waals surface area contributed by atoms with Gasteiger partial charge in [-0.25, -0.2) is 0 Å². The van der Waals surface area contributed by atoms with E-state index in [-0.39, 0.29) is 17.2 Å². The fraction of sp³-hybridized carbons (Fsp3) is 0.429. The quantitative estimate of drug-likeness (QED) is 0.534. The minimum Gasteiger partial charge on any atom is -0.496 e. The van der Waals surface area contributed by atoms with Gasteiger partial charge in [0.05, 0.1) is 14.2 Å². The number of carbonyl (C=O) groups excluding carboxylic acids is 2. The average Bonchev–Trinajstić information content (AvgIpc) is 3.30. The zero-order chi connectivity index (χ0) is 25.1. The summed E-state index contributed by atoms with van der Waals surface area (Å²) in [5.41, 5.74) is 1.17. The van der Waals surface area contributed by atoms with Crippen molar-refractivity contribution in [3.63, 3.8) is 0 Å². The van der Waals surface area contributed by atoms with Gasteiger partial charge in [-0.05, 0) is 63.0 Å². The highest BCUT2D eigenvalue weighted by Gasteiger charge is 2.32. The first kappa shape index (κ1) is 24.2. The van der Waals surface area contributed by atoms with Crippen molar-refractivity contribution in [3.8, 4) is 11.5 Å². The lowest BCUT2D eigenvalue weighted by Gasteiger charge is -2.40. The average molecular weight is 492 g/mol. The molecule has 2 aliphatic rings. The topological polar surface area (TPSA) is 84.2 Å². The van der Waals surface area contributed by atoms with Crippen LogP contribution in [0.4, 0.5) is 5.69 Å². The SMILES string of the molecule is COc1cccc(OC)c1C(=O)Nc1c(C(=O)N2CCC(N3CCCCC3)CC2)oc2ccccc12. The van der Waals surface area contributed by atoms with E-state index in [0.717, 1.165) is 25.9 Å². The third-order valence-corrected chi connectivity index (χ3v) is 7.34. The smallest absolute Gasteiger partial charge is 0.291 e. The summed E-state index contributed by atoms with van der Waals surface area (Å²) in [6.45, 7) is 3.66. The highest BCUT2D eigenvalue weighted by molar-refractivity contribution is 6.16. The van der Waals surface area contributed by atoms with Crippen molar-refractivity contribution in [1.82, 2.24) is 9.80 Å². The molecule has 5 rings (SSSR count). The van der Waals surface area contributed by atoms with Gasteiger partial charge in [-0.15, -0.1) is 0 Å². The van der Waals surface area contributed by atoms with Crippen molar-refractivity contribution < 1.29 is 23.5 Å². The molecule has 2 aromatic carbocycles. The molecule has 0 atom stereocenters. The Labute approximate surface area is 211 Å². The number of para-hydroxylation sites is 1. The van der Waals surface area contributed by atoms with Gasteiger partial charge < -0.3 is 29.0 Å². The maximum atomic E-state index is 13.7. The summed E-state index contributed by atoms with van der Waals surface area (Å²) in [6, 6.07) is 13.0. The summed E-state index contributed by atoms with van der Waals surface area (Å²) >= 11 is 0. The summed E-state index contributed by atoms with van der Waals surface area (Å²) in [4.78, 5) is 31.5. The Morgan fingerprint density at radius 1 is 0.889 bits per heavy atom. The summed E-state index contributed by atoms with van der Waals surface area (Å²) in [5.74, 6) is 0.272. The number of anilines is 1. The third-order valence-electron chi connectivity index (χ3n) is 7.34. The number of nitrogens with zero attached hydrogens (tertiary/aromatic N) is 2. The van der Waals surface area contributed by atoms with E-state index >= 15 is 0 Å². The van der Waals surface area contributed by atoms with Gasteiger partial charge in [0.1, 0.15) is 28.3 Å². The number of amides is 2. The third kappa shape index (κ3) is 4.65.